The van der Waals surface area contributed by atoms with Crippen LogP contribution in [0.15, 0.2) is 35.4 Å². The molecule has 2 amide bonds. The van der Waals surface area contributed by atoms with Gasteiger partial charge in [0.1, 0.15) is 11.6 Å². The first-order chi connectivity index (χ1) is 11.5. The van der Waals surface area contributed by atoms with Crippen LogP contribution in [0.25, 0.3) is 5.69 Å². The molecule has 24 heavy (non-hydrogen) atoms. The fraction of sp³-hybridized carbons (Fsp3) is 0.353. The minimum Gasteiger partial charge on any atom is -0.352 e. The van der Waals surface area contributed by atoms with E-state index in [0.29, 0.717) is 5.75 Å². The molecule has 0 unspecified atom stereocenters. The van der Waals surface area contributed by atoms with Gasteiger partial charge >= 0.3 is 0 Å². The number of aromatic nitrogens is 2. The Balaban J connectivity index is 1.97. The highest BCUT2D eigenvalue weighted by Gasteiger charge is 2.32. The van der Waals surface area contributed by atoms with Crippen LogP contribution < -0.4 is 10.2 Å². The van der Waals surface area contributed by atoms with E-state index in [-0.39, 0.29) is 24.4 Å². The number of para-hydroxylation sites is 1. The summed E-state index contributed by atoms with van der Waals surface area (Å²) in [6.07, 6.45) is 0. The van der Waals surface area contributed by atoms with Gasteiger partial charge in [-0.05, 0) is 32.9 Å². The van der Waals surface area contributed by atoms with Crippen LogP contribution in [-0.4, -0.2) is 39.9 Å². The molecule has 1 aliphatic heterocycles. The van der Waals surface area contributed by atoms with Crippen LogP contribution >= 0.6 is 11.8 Å². The summed E-state index contributed by atoms with van der Waals surface area (Å²) in [5.74, 6) is 0.0742. The van der Waals surface area contributed by atoms with Crippen molar-refractivity contribution >= 4 is 29.3 Å². The number of rotatable bonds is 4. The van der Waals surface area contributed by atoms with Crippen molar-refractivity contribution in [2.45, 2.75) is 31.8 Å². The Kier molecular flexibility index (Phi) is 4.62. The zero-order valence-corrected chi connectivity index (χ0v) is 14.8. The summed E-state index contributed by atoms with van der Waals surface area (Å²) in [4.78, 5) is 26.0. The number of amides is 2. The van der Waals surface area contributed by atoms with E-state index >= 15 is 0 Å². The third kappa shape index (κ3) is 3.17. The molecule has 1 aliphatic rings. The minimum atomic E-state index is -0.164. The molecule has 2 aromatic rings. The summed E-state index contributed by atoms with van der Waals surface area (Å²) in [6, 6.07) is 9.83. The molecule has 1 N–H and O–H groups in total. The summed E-state index contributed by atoms with van der Waals surface area (Å²) in [7, 11) is 0. The molecule has 7 heteroatoms. The van der Waals surface area contributed by atoms with Gasteiger partial charge in [-0.1, -0.05) is 30.0 Å². The minimum absolute atomic E-state index is 0.0197. The van der Waals surface area contributed by atoms with E-state index in [2.05, 4.69) is 10.4 Å². The van der Waals surface area contributed by atoms with Gasteiger partial charge in [0.15, 0.2) is 0 Å². The monoisotopic (exact) mass is 344 g/mol. The highest BCUT2D eigenvalue weighted by molar-refractivity contribution is 8.00. The number of aryl methyl sites for hydroxylation is 1. The van der Waals surface area contributed by atoms with Gasteiger partial charge in [0.25, 0.3) is 0 Å². The van der Waals surface area contributed by atoms with Gasteiger partial charge in [0, 0.05) is 6.04 Å². The van der Waals surface area contributed by atoms with Gasteiger partial charge in [-0.3, -0.25) is 14.5 Å². The molecule has 2 heterocycles. The van der Waals surface area contributed by atoms with Crippen molar-refractivity contribution in [3.8, 4) is 5.69 Å². The Morgan fingerprint density at radius 2 is 2.04 bits per heavy atom. The predicted molar refractivity (Wildman–Crippen MR) is 94.7 cm³/mol. The third-order valence-corrected chi connectivity index (χ3v) is 4.67. The Hall–Kier alpha value is -2.28. The molecule has 3 rings (SSSR count). The molecule has 0 saturated heterocycles. The molecule has 0 fully saturated rings. The number of benzene rings is 1. The van der Waals surface area contributed by atoms with Crippen molar-refractivity contribution in [3.05, 3.63) is 36.0 Å². The van der Waals surface area contributed by atoms with Crippen LogP contribution in [-0.2, 0) is 9.59 Å². The van der Waals surface area contributed by atoms with E-state index in [4.69, 9.17) is 0 Å². The van der Waals surface area contributed by atoms with E-state index < -0.39 is 0 Å². The van der Waals surface area contributed by atoms with Crippen LogP contribution in [0.1, 0.15) is 19.5 Å². The second-order valence-electron chi connectivity index (χ2n) is 5.98. The van der Waals surface area contributed by atoms with Crippen LogP contribution in [0.3, 0.4) is 0 Å². The Morgan fingerprint density at radius 3 is 2.71 bits per heavy atom. The fourth-order valence-corrected chi connectivity index (χ4v) is 3.77. The lowest BCUT2D eigenvalue weighted by molar-refractivity contribution is -0.123. The molecule has 0 bridgehead atoms. The quantitative estimate of drug-likeness (QED) is 0.923. The number of nitrogens with one attached hydrogen (secondary N) is 1. The van der Waals surface area contributed by atoms with Gasteiger partial charge < -0.3 is 5.32 Å². The summed E-state index contributed by atoms with van der Waals surface area (Å²) in [5.41, 5.74) is 2.42. The Morgan fingerprint density at radius 1 is 1.33 bits per heavy atom. The van der Waals surface area contributed by atoms with E-state index in [1.165, 1.54) is 11.8 Å². The average molecular weight is 344 g/mol. The maximum absolute atomic E-state index is 12.4. The molecule has 1 aromatic carbocycles. The van der Waals surface area contributed by atoms with Gasteiger partial charge in [0.2, 0.25) is 11.8 Å². The molecular formula is C17H20N4O2S. The van der Waals surface area contributed by atoms with Crippen molar-refractivity contribution < 1.29 is 9.59 Å². The molecule has 0 radical (unpaired) electrons. The average Bonchev–Trinajstić information content (AvgIpc) is 2.87. The largest absolute Gasteiger partial charge is 0.352 e. The number of fused-ring (bicyclic) bond motifs is 1. The number of nitrogens with zero attached hydrogens (tertiary/aromatic N) is 3. The summed E-state index contributed by atoms with van der Waals surface area (Å²) in [5, 5.41) is 8.32. The lowest BCUT2D eigenvalue weighted by Gasteiger charge is -2.27. The lowest BCUT2D eigenvalue weighted by atomic mass is 10.3. The van der Waals surface area contributed by atoms with Crippen LogP contribution in [0.4, 0.5) is 5.69 Å². The van der Waals surface area contributed by atoms with E-state index in [9.17, 15) is 9.59 Å². The zero-order chi connectivity index (χ0) is 17.3. The van der Waals surface area contributed by atoms with E-state index in [1.807, 2.05) is 55.8 Å². The molecule has 0 aliphatic carbocycles. The smallest absolute Gasteiger partial charge is 0.240 e. The highest BCUT2D eigenvalue weighted by atomic mass is 32.2. The Bertz CT molecular complexity index is 770. The van der Waals surface area contributed by atoms with Crippen LogP contribution in [0.5, 0.6) is 0 Å². The van der Waals surface area contributed by atoms with Gasteiger partial charge in [-0.15, -0.1) is 0 Å². The normalized spacial score (nSPS) is 14.0. The summed E-state index contributed by atoms with van der Waals surface area (Å²) < 4.78 is 1.84. The van der Waals surface area contributed by atoms with Gasteiger partial charge in [-0.25, -0.2) is 4.68 Å². The van der Waals surface area contributed by atoms with Crippen LogP contribution in [0, 0.1) is 6.92 Å². The first kappa shape index (κ1) is 16.6. The lowest BCUT2D eigenvalue weighted by Crippen LogP contribution is -2.45. The fourth-order valence-electron chi connectivity index (χ4n) is 2.69. The zero-order valence-electron chi connectivity index (χ0n) is 13.9. The second kappa shape index (κ2) is 6.68. The maximum atomic E-state index is 12.4. The molecule has 0 saturated carbocycles. The molecular weight excluding hydrogens is 324 g/mol. The molecule has 1 aromatic heterocycles. The highest BCUT2D eigenvalue weighted by Crippen LogP contribution is 2.39. The number of carbonyl (C=O) groups excluding carboxylic acids is 2. The van der Waals surface area contributed by atoms with E-state index in [1.54, 1.807) is 4.90 Å². The molecule has 0 atom stereocenters. The molecule has 126 valence electrons. The predicted octanol–water partition coefficient (Wildman–Crippen LogP) is 2.14. The first-order valence-electron chi connectivity index (χ1n) is 7.85. The van der Waals surface area contributed by atoms with Gasteiger partial charge in [-0.2, -0.15) is 5.10 Å². The number of hydrogen-bond donors (Lipinski definition) is 1. The van der Waals surface area contributed by atoms with Gasteiger partial charge in [0.05, 0.1) is 22.8 Å². The molecule has 6 nitrogen and oxygen atoms in total. The van der Waals surface area contributed by atoms with E-state index in [0.717, 1.165) is 22.1 Å². The number of carbonyl (C=O) groups is 2. The topological polar surface area (TPSA) is 67.2 Å². The maximum Gasteiger partial charge on any atom is 0.240 e. The molecule has 0 spiro atoms. The SMILES string of the molecule is Cc1nn(-c2ccccc2)c2c1N(CC(=O)NC(C)C)C(=O)CS2. The second-order valence-corrected chi connectivity index (χ2v) is 6.94. The number of anilines is 1. The van der Waals surface area contributed by atoms with Crippen molar-refractivity contribution in [1.29, 1.82) is 0 Å². The summed E-state index contributed by atoms with van der Waals surface area (Å²) >= 11 is 1.46. The Labute approximate surface area is 145 Å². The first-order valence-corrected chi connectivity index (χ1v) is 8.83. The third-order valence-electron chi connectivity index (χ3n) is 3.64. The summed E-state index contributed by atoms with van der Waals surface area (Å²) in [6.45, 7) is 5.68. The van der Waals surface area contributed by atoms with Crippen LogP contribution in [0.2, 0.25) is 0 Å². The van der Waals surface area contributed by atoms with Crippen molar-refractivity contribution in [1.82, 2.24) is 15.1 Å². The van der Waals surface area contributed by atoms with Crippen molar-refractivity contribution in [2.24, 2.45) is 0 Å². The number of thioether (sulfide) groups is 1. The standard InChI is InChI=1S/C17H20N4O2S/c1-11(2)18-14(22)9-20-15(23)10-24-17-16(20)12(3)19-21(17)13-7-5-4-6-8-13/h4-8,11H,9-10H2,1-3H3,(H,18,22). The van der Waals surface area contributed by atoms with Crippen molar-refractivity contribution in [2.75, 3.05) is 17.2 Å². The van der Waals surface area contributed by atoms with Crippen molar-refractivity contribution in [3.63, 3.8) is 0 Å². The number of hydrogen-bond acceptors (Lipinski definition) is 4.